The first-order chi connectivity index (χ1) is 4.96. The van der Waals surface area contributed by atoms with Gasteiger partial charge in [-0.1, -0.05) is 0 Å². The molecule has 0 aliphatic carbocycles. The third-order valence-electron chi connectivity index (χ3n) is 1.04. The molecule has 0 aliphatic heterocycles. The quantitative estimate of drug-likeness (QED) is 0.565. The van der Waals surface area contributed by atoms with Gasteiger partial charge in [0.1, 0.15) is 13.3 Å². The van der Waals surface area contributed by atoms with Crippen LogP contribution in [0.3, 0.4) is 0 Å². The first kappa shape index (κ1) is 14.4. The molecule has 0 saturated heterocycles. The molecule has 12 heavy (non-hydrogen) atoms. The second kappa shape index (κ2) is 5.50. The van der Waals surface area contributed by atoms with Gasteiger partial charge in [0.2, 0.25) is 0 Å². The minimum atomic E-state index is -5.21. The van der Waals surface area contributed by atoms with E-state index in [9.17, 15) is 27.0 Å². The maximum atomic E-state index is 12.0. The smallest absolute Gasteiger partial charge is 0.171 e. The average molecular weight is 211 g/mol. The SMILES string of the molecule is O=P([O-])(C(F)CF)C(F)CF.[NH4+]. The predicted molar refractivity (Wildman–Crippen MR) is 35.3 cm³/mol. The van der Waals surface area contributed by atoms with Crippen LogP contribution in [0.25, 0.3) is 0 Å². The van der Waals surface area contributed by atoms with Crippen molar-refractivity contribution in [1.82, 2.24) is 6.15 Å². The van der Waals surface area contributed by atoms with E-state index in [1.807, 2.05) is 0 Å². The molecule has 0 aromatic heterocycles. The van der Waals surface area contributed by atoms with Crippen LogP contribution < -0.4 is 11.0 Å². The van der Waals surface area contributed by atoms with Gasteiger partial charge in [-0.15, -0.1) is 0 Å². The maximum absolute atomic E-state index is 12.0. The van der Waals surface area contributed by atoms with Crippen LogP contribution in [0.2, 0.25) is 0 Å². The van der Waals surface area contributed by atoms with E-state index in [2.05, 4.69) is 0 Å². The number of rotatable bonds is 4. The molecule has 2 atom stereocenters. The van der Waals surface area contributed by atoms with Gasteiger partial charge in [-0.25, -0.2) is 17.6 Å². The summed E-state index contributed by atoms with van der Waals surface area (Å²) in [5.41, 5.74) is 0. The van der Waals surface area contributed by atoms with E-state index in [4.69, 9.17) is 0 Å². The molecule has 0 amide bonds. The number of hydrogen-bond acceptors (Lipinski definition) is 2. The highest BCUT2D eigenvalue weighted by Gasteiger charge is 2.31. The summed E-state index contributed by atoms with van der Waals surface area (Å²) in [6, 6.07) is 0. The normalized spacial score (nSPS) is 20.4. The largest absolute Gasteiger partial charge is 0.795 e. The maximum Gasteiger partial charge on any atom is 0.171 e. The summed E-state index contributed by atoms with van der Waals surface area (Å²) < 4.78 is 57.0. The van der Waals surface area contributed by atoms with E-state index in [1.165, 1.54) is 0 Å². The second-order valence-electron chi connectivity index (χ2n) is 1.82. The Hall–Kier alpha value is -0.130. The van der Waals surface area contributed by atoms with Crippen LogP contribution in [0.15, 0.2) is 0 Å². The average Bonchev–Trinajstić information content (AvgIpc) is 2.01. The van der Waals surface area contributed by atoms with Gasteiger partial charge in [0.15, 0.2) is 11.8 Å². The highest BCUT2D eigenvalue weighted by molar-refractivity contribution is 7.57. The summed E-state index contributed by atoms with van der Waals surface area (Å²) in [5.74, 6) is -5.87. The van der Waals surface area contributed by atoms with Crippen LogP contribution in [-0.4, -0.2) is 25.2 Å². The van der Waals surface area contributed by atoms with Crippen LogP contribution in [-0.2, 0) is 4.57 Å². The lowest BCUT2D eigenvalue weighted by Gasteiger charge is -2.26. The Balaban J connectivity index is 0. The minimum Gasteiger partial charge on any atom is -0.795 e. The van der Waals surface area contributed by atoms with Crippen molar-refractivity contribution in [2.45, 2.75) is 11.8 Å². The van der Waals surface area contributed by atoms with Crippen molar-refractivity contribution in [2.75, 3.05) is 13.3 Å². The highest BCUT2D eigenvalue weighted by Crippen LogP contribution is 2.48. The molecule has 0 aliphatic rings. The van der Waals surface area contributed by atoms with Crippen molar-refractivity contribution in [3.63, 3.8) is 0 Å². The Bertz CT molecular complexity index is 155. The first-order valence-corrected chi connectivity index (χ1v) is 4.43. The van der Waals surface area contributed by atoms with Gasteiger partial charge >= 0.3 is 0 Å². The van der Waals surface area contributed by atoms with Gasteiger partial charge < -0.3 is 15.6 Å². The Morgan fingerprint density at radius 1 is 1.17 bits per heavy atom. The number of alkyl halides is 4. The molecule has 3 nitrogen and oxygen atoms in total. The Morgan fingerprint density at radius 3 is 1.58 bits per heavy atom. The molecular formula is C4H10F4NO2P. The van der Waals surface area contributed by atoms with Crippen molar-refractivity contribution in [2.24, 2.45) is 0 Å². The van der Waals surface area contributed by atoms with Crippen LogP contribution in [0.5, 0.6) is 0 Å². The van der Waals surface area contributed by atoms with Crippen molar-refractivity contribution in [3.8, 4) is 0 Å². The Morgan fingerprint density at radius 2 is 1.42 bits per heavy atom. The fraction of sp³-hybridized carbons (Fsp3) is 1.00. The predicted octanol–water partition coefficient (Wildman–Crippen LogP) is 1.53. The van der Waals surface area contributed by atoms with Crippen molar-refractivity contribution in [3.05, 3.63) is 0 Å². The zero-order valence-corrected chi connectivity index (χ0v) is 7.24. The van der Waals surface area contributed by atoms with E-state index in [-0.39, 0.29) is 6.15 Å². The van der Waals surface area contributed by atoms with Crippen LogP contribution in [0.4, 0.5) is 17.6 Å². The molecule has 0 rings (SSSR count). The van der Waals surface area contributed by atoms with Crippen molar-refractivity contribution >= 4 is 7.37 Å². The number of hydrogen-bond donors (Lipinski definition) is 1. The second-order valence-corrected chi connectivity index (χ2v) is 4.23. The van der Waals surface area contributed by atoms with Crippen molar-refractivity contribution < 1.29 is 27.0 Å². The van der Waals surface area contributed by atoms with E-state index in [0.717, 1.165) is 0 Å². The van der Waals surface area contributed by atoms with E-state index < -0.39 is 32.5 Å². The standard InChI is InChI=1S/C4H7F4O2P.H3N/c5-1-3(7)11(9,10)4(8)2-6;/h3-4H,1-2H2,(H,9,10);1H3. The Labute approximate surface area is 66.8 Å². The monoisotopic (exact) mass is 211 g/mol. The summed E-state index contributed by atoms with van der Waals surface area (Å²) in [4.78, 5) is 10.3. The zero-order chi connectivity index (χ0) is 9.07. The molecule has 0 aromatic rings. The molecule has 76 valence electrons. The summed E-state index contributed by atoms with van der Waals surface area (Å²) in [5, 5.41) is 0. The summed E-state index contributed by atoms with van der Waals surface area (Å²) >= 11 is 0. The molecule has 0 fully saturated rings. The molecule has 0 bridgehead atoms. The lowest BCUT2D eigenvalue weighted by molar-refractivity contribution is -0.187. The molecule has 2 unspecified atom stereocenters. The molecule has 0 spiro atoms. The molecule has 0 saturated carbocycles. The molecule has 8 heteroatoms. The van der Waals surface area contributed by atoms with Gasteiger partial charge in [-0.05, 0) is 0 Å². The topological polar surface area (TPSA) is 76.6 Å². The fourth-order valence-electron chi connectivity index (χ4n) is 0.368. The van der Waals surface area contributed by atoms with Gasteiger partial charge in [0.05, 0.1) is 7.37 Å². The highest BCUT2D eigenvalue weighted by atomic mass is 31.2. The third-order valence-corrected chi connectivity index (χ3v) is 2.87. The lowest BCUT2D eigenvalue weighted by Crippen LogP contribution is -2.23. The molecule has 0 radical (unpaired) electrons. The summed E-state index contributed by atoms with van der Waals surface area (Å²) in [6.07, 6.45) is 0. The fourth-order valence-corrected chi connectivity index (χ4v) is 1.10. The molecular weight excluding hydrogens is 201 g/mol. The van der Waals surface area contributed by atoms with Gasteiger partial charge in [-0.3, -0.25) is 0 Å². The molecule has 4 N–H and O–H groups in total. The minimum absolute atomic E-state index is 0. The van der Waals surface area contributed by atoms with E-state index in [1.54, 1.807) is 0 Å². The number of quaternary nitrogens is 1. The van der Waals surface area contributed by atoms with Gasteiger partial charge in [0.25, 0.3) is 0 Å². The summed E-state index contributed by atoms with van der Waals surface area (Å²) in [6.45, 7) is -3.69. The first-order valence-electron chi connectivity index (χ1n) is 2.67. The molecule has 0 heterocycles. The van der Waals surface area contributed by atoms with E-state index >= 15 is 0 Å². The lowest BCUT2D eigenvalue weighted by atomic mass is 10.8. The van der Waals surface area contributed by atoms with Crippen molar-refractivity contribution in [1.29, 1.82) is 0 Å². The van der Waals surface area contributed by atoms with Gasteiger partial charge in [-0.2, -0.15) is 0 Å². The number of halogens is 4. The van der Waals surface area contributed by atoms with Gasteiger partial charge in [0, 0.05) is 0 Å². The zero-order valence-electron chi connectivity index (χ0n) is 6.34. The summed E-state index contributed by atoms with van der Waals surface area (Å²) in [7, 11) is -5.21. The third kappa shape index (κ3) is 3.08. The van der Waals surface area contributed by atoms with Crippen LogP contribution >= 0.6 is 7.37 Å². The Kier molecular flexibility index (Phi) is 6.60. The van der Waals surface area contributed by atoms with Crippen LogP contribution in [0, 0.1) is 0 Å². The molecule has 0 aromatic carbocycles. The van der Waals surface area contributed by atoms with E-state index in [0.29, 0.717) is 0 Å². The van der Waals surface area contributed by atoms with Crippen LogP contribution in [0.1, 0.15) is 0 Å².